The van der Waals surface area contributed by atoms with Crippen LogP contribution in [0.4, 0.5) is 11.4 Å². The predicted molar refractivity (Wildman–Crippen MR) is 142 cm³/mol. The smallest absolute Gasteiger partial charge is 0.289 e. The molecule has 8 heteroatoms. The van der Waals surface area contributed by atoms with E-state index in [1.807, 2.05) is 42.5 Å². The van der Waals surface area contributed by atoms with E-state index in [2.05, 4.69) is 25.7 Å². The van der Waals surface area contributed by atoms with Crippen molar-refractivity contribution in [2.45, 2.75) is 32.7 Å². The first kappa shape index (κ1) is 24.7. The van der Waals surface area contributed by atoms with Crippen LogP contribution in [0.3, 0.4) is 0 Å². The van der Waals surface area contributed by atoms with Gasteiger partial charge >= 0.3 is 0 Å². The molecule has 2 aromatic carbocycles. The molecule has 0 spiro atoms. The molecule has 2 aliphatic heterocycles. The summed E-state index contributed by atoms with van der Waals surface area (Å²) in [5.74, 6) is 2.05. The number of furan rings is 1. The number of methoxy groups -OCH3 is 1. The van der Waals surface area contributed by atoms with Gasteiger partial charge in [-0.15, -0.1) is 0 Å². The second-order valence-electron chi connectivity index (χ2n) is 10.4. The van der Waals surface area contributed by atoms with Gasteiger partial charge in [-0.2, -0.15) is 0 Å². The SMILES string of the molecule is COc1ccccc1N1CCN(C(=O)c2ccc(CN3C(=O)COc4ccc(C(C)(C)C)cc43)o2)CC1. The van der Waals surface area contributed by atoms with Crippen molar-refractivity contribution in [1.82, 2.24) is 4.90 Å². The van der Waals surface area contributed by atoms with Crippen molar-refractivity contribution in [3.63, 3.8) is 0 Å². The first-order valence-corrected chi connectivity index (χ1v) is 12.6. The van der Waals surface area contributed by atoms with Gasteiger partial charge in [0.15, 0.2) is 12.4 Å². The summed E-state index contributed by atoms with van der Waals surface area (Å²) in [6.07, 6.45) is 0. The minimum Gasteiger partial charge on any atom is -0.495 e. The third kappa shape index (κ3) is 5.01. The van der Waals surface area contributed by atoms with Gasteiger partial charge in [-0.05, 0) is 47.4 Å². The van der Waals surface area contributed by atoms with Crippen LogP contribution in [0, 0.1) is 0 Å². The Balaban J connectivity index is 1.27. The normalized spacial score (nSPS) is 15.9. The summed E-state index contributed by atoms with van der Waals surface area (Å²) in [5.41, 5.74) is 2.79. The Morgan fingerprint density at radius 2 is 1.73 bits per heavy atom. The third-order valence-electron chi connectivity index (χ3n) is 6.95. The Morgan fingerprint density at radius 3 is 2.46 bits per heavy atom. The van der Waals surface area contributed by atoms with E-state index in [1.165, 1.54) is 0 Å². The molecule has 0 aliphatic carbocycles. The Labute approximate surface area is 217 Å². The van der Waals surface area contributed by atoms with Gasteiger partial charge in [0.05, 0.1) is 25.0 Å². The third-order valence-corrected chi connectivity index (χ3v) is 6.95. The maximum atomic E-state index is 13.2. The number of benzene rings is 2. The number of rotatable bonds is 5. The molecule has 0 bridgehead atoms. The summed E-state index contributed by atoms with van der Waals surface area (Å²) in [4.78, 5) is 31.7. The zero-order chi connectivity index (χ0) is 26.2. The number of hydrogen-bond donors (Lipinski definition) is 0. The van der Waals surface area contributed by atoms with Crippen molar-refractivity contribution < 1.29 is 23.5 Å². The van der Waals surface area contributed by atoms with E-state index < -0.39 is 0 Å². The molecule has 5 rings (SSSR count). The lowest BCUT2D eigenvalue weighted by Gasteiger charge is -2.36. The monoisotopic (exact) mass is 503 g/mol. The molecule has 0 radical (unpaired) electrons. The Hall–Kier alpha value is -3.94. The number of piperazine rings is 1. The van der Waals surface area contributed by atoms with Gasteiger partial charge in [-0.3, -0.25) is 14.5 Å². The Morgan fingerprint density at radius 1 is 0.973 bits per heavy atom. The van der Waals surface area contributed by atoms with E-state index in [-0.39, 0.29) is 36.1 Å². The minimum absolute atomic E-state index is 0.0230. The lowest BCUT2D eigenvalue weighted by atomic mass is 9.86. The number of nitrogens with zero attached hydrogens (tertiary/aromatic N) is 3. The number of hydrogen-bond acceptors (Lipinski definition) is 6. The van der Waals surface area contributed by atoms with Gasteiger partial charge in [-0.1, -0.05) is 39.0 Å². The highest BCUT2D eigenvalue weighted by atomic mass is 16.5. The van der Waals surface area contributed by atoms with E-state index in [4.69, 9.17) is 13.9 Å². The number of fused-ring (bicyclic) bond motifs is 1. The summed E-state index contributed by atoms with van der Waals surface area (Å²) in [7, 11) is 1.67. The standard InChI is InChI=1S/C29H33N3O5/c1-29(2,3)20-9-11-25-23(17-20)32(27(33)19-36-25)18-21-10-12-26(37-21)28(34)31-15-13-30(14-16-31)22-7-5-6-8-24(22)35-4/h5-12,17H,13-16,18-19H2,1-4H3. The summed E-state index contributed by atoms with van der Waals surface area (Å²) in [6.45, 7) is 9.17. The Kier molecular flexibility index (Phi) is 6.58. The highest BCUT2D eigenvalue weighted by Crippen LogP contribution is 2.37. The molecule has 0 atom stereocenters. The molecule has 1 saturated heterocycles. The van der Waals surface area contributed by atoms with Crippen molar-refractivity contribution in [3.8, 4) is 11.5 Å². The van der Waals surface area contributed by atoms with Crippen LogP contribution in [0.1, 0.15) is 42.6 Å². The van der Waals surface area contributed by atoms with E-state index >= 15 is 0 Å². The quantitative estimate of drug-likeness (QED) is 0.511. The lowest BCUT2D eigenvalue weighted by Crippen LogP contribution is -2.48. The van der Waals surface area contributed by atoms with Crippen molar-refractivity contribution in [3.05, 3.63) is 71.7 Å². The van der Waals surface area contributed by atoms with Crippen molar-refractivity contribution in [2.24, 2.45) is 0 Å². The van der Waals surface area contributed by atoms with Crippen molar-refractivity contribution in [1.29, 1.82) is 0 Å². The number of carbonyl (C=O) groups is 2. The molecule has 2 aliphatic rings. The molecule has 1 fully saturated rings. The summed E-state index contributed by atoms with van der Waals surface area (Å²) in [5, 5.41) is 0. The van der Waals surface area contributed by atoms with E-state index in [1.54, 1.807) is 29.0 Å². The Bertz CT molecular complexity index is 1300. The van der Waals surface area contributed by atoms with Crippen molar-refractivity contribution >= 4 is 23.2 Å². The minimum atomic E-state index is -0.144. The number of amides is 2. The van der Waals surface area contributed by atoms with Crippen LogP contribution in [-0.2, 0) is 16.8 Å². The zero-order valence-electron chi connectivity index (χ0n) is 21.8. The topological polar surface area (TPSA) is 75.5 Å². The van der Waals surface area contributed by atoms with Crippen molar-refractivity contribution in [2.75, 3.05) is 49.7 Å². The van der Waals surface area contributed by atoms with E-state index in [9.17, 15) is 9.59 Å². The second-order valence-corrected chi connectivity index (χ2v) is 10.4. The lowest BCUT2D eigenvalue weighted by molar-refractivity contribution is -0.121. The molecule has 8 nitrogen and oxygen atoms in total. The van der Waals surface area contributed by atoms with Gasteiger partial charge in [0.2, 0.25) is 0 Å². The molecular formula is C29H33N3O5. The summed E-state index contributed by atoms with van der Waals surface area (Å²) in [6, 6.07) is 17.3. The van der Waals surface area contributed by atoms with Crippen LogP contribution < -0.4 is 19.3 Å². The molecule has 0 saturated carbocycles. The van der Waals surface area contributed by atoms with Crippen LogP contribution >= 0.6 is 0 Å². The predicted octanol–water partition coefficient (Wildman–Crippen LogP) is 4.47. The van der Waals surface area contributed by atoms with E-state index in [0.29, 0.717) is 37.7 Å². The maximum Gasteiger partial charge on any atom is 0.289 e. The fourth-order valence-electron chi connectivity index (χ4n) is 4.77. The number of ether oxygens (including phenoxy) is 2. The van der Waals surface area contributed by atoms with Crippen LogP contribution in [0.25, 0.3) is 0 Å². The largest absolute Gasteiger partial charge is 0.495 e. The van der Waals surface area contributed by atoms with Crippen LogP contribution in [0.2, 0.25) is 0 Å². The highest BCUT2D eigenvalue weighted by Gasteiger charge is 2.30. The number of carbonyl (C=O) groups excluding carboxylic acids is 2. The van der Waals surface area contributed by atoms with Crippen LogP contribution in [0.15, 0.2) is 59.0 Å². The molecule has 194 valence electrons. The van der Waals surface area contributed by atoms with Gasteiger partial charge in [0.25, 0.3) is 11.8 Å². The highest BCUT2D eigenvalue weighted by molar-refractivity contribution is 5.98. The first-order chi connectivity index (χ1) is 17.7. The van der Waals surface area contributed by atoms with Crippen LogP contribution in [-0.4, -0.2) is 56.6 Å². The van der Waals surface area contributed by atoms with Gasteiger partial charge in [0, 0.05) is 26.2 Å². The fraction of sp³-hybridized carbons (Fsp3) is 0.379. The molecule has 0 N–H and O–H groups in total. The summed E-state index contributed by atoms with van der Waals surface area (Å²) >= 11 is 0. The molecule has 3 aromatic rings. The maximum absolute atomic E-state index is 13.2. The second kappa shape index (κ2) is 9.84. The molecule has 1 aromatic heterocycles. The summed E-state index contributed by atoms with van der Waals surface area (Å²) < 4.78 is 17.1. The molecule has 3 heterocycles. The van der Waals surface area contributed by atoms with Gasteiger partial charge in [-0.25, -0.2) is 0 Å². The van der Waals surface area contributed by atoms with Gasteiger partial charge in [0.1, 0.15) is 17.3 Å². The fourth-order valence-corrected chi connectivity index (χ4v) is 4.77. The average Bonchev–Trinajstić information content (AvgIpc) is 3.38. The molecule has 2 amide bonds. The van der Waals surface area contributed by atoms with Crippen LogP contribution in [0.5, 0.6) is 11.5 Å². The molecular weight excluding hydrogens is 470 g/mol. The number of para-hydroxylation sites is 2. The average molecular weight is 504 g/mol. The van der Waals surface area contributed by atoms with Gasteiger partial charge < -0.3 is 23.7 Å². The number of anilines is 2. The zero-order valence-corrected chi connectivity index (χ0v) is 21.8. The first-order valence-electron chi connectivity index (χ1n) is 12.6. The molecule has 0 unspecified atom stereocenters. The van der Waals surface area contributed by atoms with E-state index in [0.717, 1.165) is 22.7 Å². The molecule has 37 heavy (non-hydrogen) atoms.